The monoisotopic (exact) mass is 270 g/mol. The van der Waals surface area contributed by atoms with Crippen molar-refractivity contribution in [2.45, 2.75) is 24.7 Å². The Hall–Kier alpha value is 0.0500. The van der Waals surface area contributed by atoms with Crippen LogP contribution >= 0.6 is 27.7 Å². The van der Waals surface area contributed by atoms with Gasteiger partial charge < -0.3 is 0 Å². The number of hydrogen-bond acceptors (Lipinski definition) is 1. The number of hydrogen-bond donors (Lipinski definition) is 0. The zero-order valence-electron chi connectivity index (χ0n) is 8.42. The lowest BCUT2D eigenvalue weighted by Crippen LogP contribution is -2.36. The Kier molecular flexibility index (Phi) is 3.23. The van der Waals surface area contributed by atoms with E-state index in [0.717, 1.165) is 0 Å². The molecule has 0 spiro atoms. The maximum atomic E-state index is 3.55. The third kappa shape index (κ3) is 1.87. The molecule has 1 aromatic rings. The molecule has 0 saturated heterocycles. The summed E-state index contributed by atoms with van der Waals surface area (Å²) in [4.78, 5) is 0. The highest BCUT2D eigenvalue weighted by molar-refractivity contribution is 9.10. The number of benzene rings is 1. The van der Waals surface area contributed by atoms with Crippen molar-refractivity contribution in [3.63, 3.8) is 0 Å². The molecule has 0 radical (unpaired) electrons. The van der Waals surface area contributed by atoms with Gasteiger partial charge in [0.2, 0.25) is 0 Å². The molecule has 1 fully saturated rings. The molecule has 0 N–H and O–H groups in total. The van der Waals surface area contributed by atoms with Gasteiger partial charge in [0.05, 0.1) is 0 Å². The highest BCUT2D eigenvalue weighted by Gasteiger charge is 2.37. The zero-order chi connectivity index (χ0) is 10.0. The Bertz CT molecular complexity index is 318. The highest BCUT2D eigenvalue weighted by atomic mass is 79.9. The van der Waals surface area contributed by atoms with Gasteiger partial charge in [0.15, 0.2) is 0 Å². The summed E-state index contributed by atoms with van der Waals surface area (Å²) in [6.07, 6.45) is 6.33. The van der Waals surface area contributed by atoms with Crippen LogP contribution in [0.3, 0.4) is 0 Å². The molecule has 0 aliphatic heterocycles. The Morgan fingerprint density at radius 3 is 2.71 bits per heavy atom. The van der Waals surface area contributed by atoms with E-state index >= 15 is 0 Å². The van der Waals surface area contributed by atoms with Crippen molar-refractivity contribution >= 4 is 27.7 Å². The predicted molar refractivity (Wildman–Crippen MR) is 68.1 cm³/mol. The summed E-state index contributed by atoms with van der Waals surface area (Å²) in [7, 11) is 0. The minimum atomic E-state index is 0.489. The SMILES string of the molecule is CSCC1(c2cccc(Br)c2)CCC1. The Morgan fingerprint density at radius 1 is 1.43 bits per heavy atom. The van der Waals surface area contributed by atoms with Crippen LogP contribution in [0.25, 0.3) is 0 Å². The van der Waals surface area contributed by atoms with Crippen molar-refractivity contribution in [3.8, 4) is 0 Å². The normalized spacial score (nSPS) is 19.0. The molecule has 14 heavy (non-hydrogen) atoms. The Balaban J connectivity index is 2.27. The van der Waals surface area contributed by atoms with Crippen LogP contribution in [0, 0.1) is 0 Å². The van der Waals surface area contributed by atoms with Gasteiger partial charge in [0, 0.05) is 15.6 Å². The lowest BCUT2D eigenvalue weighted by molar-refractivity contribution is 0.279. The minimum absolute atomic E-state index is 0.489. The van der Waals surface area contributed by atoms with Gasteiger partial charge in [-0.3, -0.25) is 0 Å². The fourth-order valence-corrected chi connectivity index (χ4v) is 3.62. The summed E-state index contributed by atoms with van der Waals surface area (Å²) in [5, 5.41) is 0. The second-order valence-corrected chi connectivity index (χ2v) is 5.86. The lowest BCUT2D eigenvalue weighted by Gasteiger charge is -2.42. The average Bonchev–Trinajstić information content (AvgIpc) is 2.11. The van der Waals surface area contributed by atoms with E-state index in [2.05, 4.69) is 46.5 Å². The average molecular weight is 271 g/mol. The number of halogens is 1. The van der Waals surface area contributed by atoms with Gasteiger partial charge >= 0.3 is 0 Å². The fourth-order valence-electron chi connectivity index (χ4n) is 2.21. The van der Waals surface area contributed by atoms with Gasteiger partial charge in [-0.15, -0.1) is 0 Å². The Morgan fingerprint density at radius 2 is 2.21 bits per heavy atom. The van der Waals surface area contributed by atoms with E-state index in [1.54, 1.807) is 0 Å². The van der Waals surface area contributed by atoms with Crippen LogP contribution in [0.5, 0.6) is 0 Å². The third-order valence-corrected chi connectivity index (χ3v) is 4.50. The van der Waals surface area contributed by atoms with Crippen molar-refractivity contribution in [2.75, 3.05) is 12.0 Å². The predicted octanol–water partition coefficient (Wildman–Crippen LogP) is 4.23. The fraction of sp³-hybridized carbons (Fsp3) is 0.500. The van der Waals surface area contributed by atoms with Crippen molar-refractivity contribution in [1.82, 2.24) is 0 Å². The van der Waals surface area contributed by atoms with E-state index in [0.29, 0.717) is 5.41 Å². The molecule has 76 valence electrons. The molecule has 1 aliphatic rings. The first-order chi connectivity index (χ1) is 6.77. The van der Waals surface area contributed by atoms with Crippen LogP contribution in [0.1, 0.15) is 24.8 Å². The van der Waals surface area contributed by atoms with E-state index in [1.807, 2.05) is 11.8 Å². The van der Waals surface area contributed by atoms with Gasteiger partial charge in [-0.25, -0.2) is 0 Å². The molecule has 1 saturated carbocycles. The number of rotatable bonds is 3. The molecule has 2 rings (SSSR count). The van der Waals surface area contributed by atoms with Crippen molar-refractivity contribution in [2.24, 2.45) is 0 Å². The highest BCUT2D eigenvalue weighted by Crippen LogP contribution is 2.45. The standard InChI is InChI=1S/C12H15BrS/c1-14-9-12(6-3-7-12)10-4-2-5-11(13)8-10/h2,4-5,8H,3,6-7,9H2,1H3. The molecule has 0 amide bonds. The van der Waals surface area contributed by atoms with Crippen molar-refractivity contribution in [1.29, 1.82) is 0 Å². The van der Waals surface area contributed by atoms with E-state index in [9.17, 15) is 0 Å². The van der Waals surface area contributed by atoms with E-state index < -0.39 is 0 Å². The molecule has 0 heterocycles. The summed E-state index contributed by atoms with van der Waals surface area (Å²) in [5.41, 5.74) is 2.01. The second-order valence-electron chi connectivity index (χ2n) is 4.08. The molecular formula is C12H15BrS. The molecule has 1 aliphatic carbocycles. The van der Waals surface area contributed by atoms with E-state index in [1.165, 1.54) is 35.1 Å². The smallest absolute Gasteiger partial charge is 0.0178 e. The van der Waals surface area contributed by atoms with Gasteiger partial charge in [0.1, 0.15) is 0 Å². The van der Waals surface area contributed by atoms with Gasteiger partial charge in [-0.05, 0) is 36.8 Å². The molecule has 0 aromatic heterocycles. The minimum Gasteiger partial charge on any atom is -0.165 e. The topological polar surface area (TPSA) is 0 Å². The lowest BCUT2D eigenvalue weighted by atomic mass is 9.66. The molecule has 2 heteroatoms. The quantitative estimate of drug-likeness (QED) is 0.792. The first-order valence-corrected chi connectivity index (χ1v) is 7.20. The second kappa shape index (κ2) is 4.28. The first kappa shape index (κ1) is 10.6. The van der Waals surface area contributed by atoms with E-state index in [4.69, 9.17) is 0 Å². The molecule has 0 nitrogen and oxygen atoms in total. The zero-order valence-corrected chi connectivity index (χ0v) is 10.8. The van der Waals surface area contributed by atoms with Crippen LogP contribution in [-0.4, -0.2) is 12.0 Å². The molecule has 1 aromatic carbocycles. The van der Waals surface area contributed by atoms with Gasteiger partial charge in [0.25, 0.3) is 0 Å². The maximum absolute atomic E-state index is 3.55. The van der Waals surface area contributed by atoms with E-state index in [-0.39, 0.29) is 0 Å². The Labute approximate surface area is 98.6 Å². The summed E-state index contributed by atoms with van der Waals surface area (Å²) >= 11 is 5.52. The maximum Gasteiger partial charge on any atom is 0.0178 e. The molecule has 0 atom stereocenters. The summed E-state index contributed by atoms with van der Waals surface area (Å²) in [6.45, 7) is 0. The van der Waals surface area contributed by atoms with Gasteiger partial charge in [-0.1, -0.05) is 34.5 Å². The molecular weight excluding hydrogens is 256 g/mol. The third-order valence-electron chi connectivity index (χ3n) is 3.17. The largest absolute Gasteiger partial charge is 0.165 e. The molecule has 0 bridgehead atoms. The van der Waals surface area contributed by atoms with Crippen LogP contribution in [-0.2, 0) is 5.41 Å². The van der Waals surface area contributed by atoms with Crippen LogP contribution in [0.4, 0.5) is 0 Å². The van der Waals surface area contributed by atoms with Crippen LogP contribution in [0.15, 0.2) is 28.7 Å². The summed E-state index contributed by atoms with van der Waals surface area (Å²) in [6, 6.07) is 8.82. The molecule has 0 unspecified atom stereocenters. The summed E-state index contributed by atoms with van der Waals surface area (Å²) in [5.74, 6) is 1.27. The van der Waals surface area contributed by atoms with Crippen LogP contribution < -0.4 is 0 Å². The van der Waals surface area contributed by atoms with Crippen molar-refractivity contribution in [3.05, 3.63) is 34.3 Å². The summed E-state index contributed by atoms with van der Waals surface area (Å²) < 4.78 is 1.21. The number of thioether (sulfide) groups is 1. The van der Waals surface area contributed by atoms with Crippen LogP contribution in [0.2, 0.25) is 0 Å². The van der Waals surface area contributed by atoms with Gasteiger partial charge in [-0.2, -0.15) is 11.8 Å². The first-order valence-electron chi connectivity index (χ1n) is 5.02. The van der Waals surface area contributed by atoms with Crippen molar-refractivity contribution < 1.29 is 0 Å².